The molecule has 2 unspecified atom stereocenters. The lowest BCUT2D eigenvalue weighted by molar-refractivity contribution is -0.163. The SMILES string of the molecule is CCOC(=O)C1CCCC(CCNCc2cc(OC)cc(OC)c2)(C(=O)OCC)C1. The Labute approximate surface area is 179 Å². The van der Waals surface area contributed by atoms with Gasteiger partial charge in [-0.2, -0.15) is 0 Å². The molecule has 1 aliphatic carbocycles. The number of rotatable bonds is 11. The van der Waals surface area contributed by atoms with Gasteiger partial charge in [-0.05, 0) is 63.8 Å². The maximum Gasteiger partial charge on any atom is 0.312 e. The highest BCUT2D eigenvalue weighted by Gasteiger charge is 2.45. The maximum atomic E-state index is 12.8. The summed E-state index contributed by atoms with van der Waals surface area (Å²) in [6, 6.07) is 5.73. The third kappa shape index (κ3) is 6.36. The first-order chi connectivity index (χ1) is 14.5. The molecule has 1 fully saturated rings. The Morgan fingerprint density at radius 1 is 1.07 bits per heavy atom. The summed E-state index contributed by atoms with van der Waals surface area (Å²) in [5.41, 5.74) is 0.384. The van der Waals surface area contributed by atoms with Crippen molar-refractivity contribution in [3.63, 3.8) is 0 Å². The standard InChI is InChI=1S/C23H35NO6/c1-5-29-21(25)18-8-7-9-23(15-18,22(26)30-6-2)10-11-24-16-17-12-19(27-3)14-20(13-17)28-4/h12-14,18,24H,5-11,15-16H2,1-4H3. The van der Waals surface area contributed by atoms with Crippen LogP contribution in [0.1, 0.15) is 51.5 Å². The number of methoxy groups -OCH3 is 2. The topological polar surface area (TPSA) is 83.1 Å². The summed E-state index contributed by atoms with van der Waals surface area (Å²) in [4.78, 5) is 25.1. The number of nitrogens with one attached hydrogen (secondary N) is 1. The van der Waals surface area contributed by atoms with Gasteiger partial charge in [0.25, 0.3) is 0 Å². The zero-order valence-corrected chi connectivity index (χ0v) is 18.6. The lowest BCUT2D eigenvalue weighted by Crippen LogP contribution is -2.42. The maximum absolute atomic E-state index is 12.8. The molecule has 1 aliphatic rings. The molecule has 0 saturated heterocycles. The molecular weight excluding hydrogens is 386 g/mol. The molecule has 1 saturated carbocycles. The van der Waals surface area contributed by atoms with E-state index in [0.717, 1.165) is 36.3 Å². The van der Waals surface area contributed by atoms with E-state index < -0.39 is 5.41 Å². The second-order valence-corrected chi connectivity index (χ2v) is 7.69. The van der Waals surface area contributed by atoms with Crippen molar-refractivity contribution in [3.05, 3.63) is 23.8 Å². The van der Waals surface area contributed by atoms with E-state index in [2.05, 4.69) is 5.32 Å². The van der Waals surface area contributed by atoms with Crippen LogP contribution in [-0.2, 0) is 25.6 Å². The van der Waals surface area contributed by atoms with Crippen molar-refractivity contribution in [3.8, 4) is 11.5 Å². The fourth-order valence-corrected chi connectivity index (χ4v) is 4.15. The summed E-state index contributed by atoms with van der Waals surface area (Å²) in [5, 5.41) is 3.41. The molecule has 0 heterocycles. The Kier molecular flexibility index (Phi) is 9.43. The fourth-order valence-electron chi connectivity index (χ4n) is 4.15. The second kappa shape index (κ2) is 11.8. The molecule has 168 valence electrons. The Balaban J connectivity index is 2.02. The number of ether oxygens (including phenoxy) is 4. The minimum absolute atomic E-state index is 0.205. The molecule has 7 nitrogen and oxygen atoms in total. The molecule has 30 heavy (non-hydrogen) atoms. The first kappa shape index (κ1) is 24.0. The van der Waals surface area contributed by atoms with Crippen molar-refractivity contribution < 1.29 is 28.5 Å². The number of esters is 2. The van der Waals surface area contributed by atoms with Crippen LogP contribution in [0.25, 0.3) is 0 Å². The highest BCUT2D eigenvalue weighted by atomic mass is 16.5. The zero-order valence-electron chi connectivity index (χ0n) is 18.6. The van der Waals surface area contributed by atoms with Gasteiger partial charge in [-0.15, -0.1) is 0 Å². The van der Waals surface area contributed by atoms with E-state index in [-0.39, 0.29) is 17.9 Å². The van der Waals surface area contributed by atoms with Crippen LogP contribution in [0.4, 0.5) is 0 Å². The lowest BCUT2D eigenvalue weighted by atomic mass is 9.67. The number of hydrogen-bond acceptors (Lipinski definition) is 7. The number of benzene rings is 1. The normalized spacial score (nSPS) is 21.0. The Hall–Kier alpha value is -2.28. The van der Waals surface area contributed by atoms with Gasteiger partial charge >= 0.3 is 11.9 Å². The molecule has 0 amide bonds. The fraction of sp³-hybridized carbons (Fsp3) is 0.652. The summed E-state index contributed by atoms with van der Waals surface area (Å²) in [6.07, 6.45) is 3.41. The molecule has 1 N–H and O–H groups in total. The van der Waals surface area contributed by atoms with Crippen LogP contribution < -0.4 is 14.8 Å². The number of carbonyl (C=O) groups excluding carboxylic acids is 2. The van der Waals surface area contributed by atoms with Crippen molar-refractivity contribution in [2.45, 2.75) is 52.5 Å². The van der Waals surface area contributed by atoms with Crippen LogP contribution in [0.3, 0.4) is 0 Å². The molecule has 0 bridgehead atoms. The van der Waals surface area contributed by atoms with Crippen molar-refractivity contribution in [2.24, 2.45) is 11.3 Å². The average molecular weight is 422 g/mol. The van der Waals surface area contributed by atoms with E-state index in [4.69, 9.17) is 18.9 Å². The summed E-state index contributed by atoms with van der Waals surface area (Å²) >= 11 is 0. The highest BCUT2D eigenvalue weighted by Crippen LogP contribution is 2.43. The third-order valence-electron chi connectivity index (χ3n) is 5.69. The molecule has 0 radical (unpaired) electrons. The van der Waals surface area contributed by atoms with Crippen LogP contribution in [0, 0.1) is 11.3 Å². The van der Waals surface area contributed by atoms with Crippen molar-refractivity contribution in [1.29, 1.82) is 0 Å². The zero-order chi connectivity index (χ0) is 22.0. The summed E-state index contributed by atoms with van der Waals surface area (Å²) < 4.78 is 21.2. The van der Waals surface area contributed by atoms with Crippen molar-refractivity contribution >= 4 is 11.9 Å². The molecule has 2 rings (SSSR count). The van der Waals surface area contributed by atoms with E-state index in [0.29, 0.717) is 39.1 Å². The van der Waals surface area contributed by atoms with Gasteiger partial charge in [0.15, 0.2) is 0 Å². The predicted octanol–water partition coefficient (Wildman–Crippen LogP) is 3.49. The van der Waals surface area contributed by atoms with Crippen LogP contribution in [0.15, 0.2) is 18.2 Å². The molecule has 0 aromatic heterocycles. The van der Waals surface area contributed by atoms with E-state index in [1.807, 2.05) is 25.1 Å². The van der Waals surface area contributed by atoms with E-state index in [1.54, 1.807) is 21.1 Å². The van der Waals surface area contributed by atoms with Crippen LogP contribution in [-0.4, -0.2) is 45.9 Å². The van der Waals surface area contributed by atoms with Gasteiger partial charge in [0, 0.05) is 12.6 Å². The molecule has 1 aromatic rings. The second-order valence-electron chi connectivity index (χ2n) is 7.69. The lowest BCUT2D eigenvalue weighted by Gasteiger charge is -2.38. The Morgan fingerprint density at radius 2 is 1.73 bits per heavy atom. The molecule has 0 spiro atoms. The first-order valence-electron chi connectivity index (χ1n) is 10.7. The largest absolute Gasteiger partial charge is 0.497 e. The van der Waals surface area contributed by atoms with Gasteiger partial charge < -0.3 is 24.3 Å². The van der Waals surface area contributed by atoms with Gasteiger partial charge in [0.05, 0.1) is 38.8 Å². The third-order valence-corrected chi connectivity index (χ3v) is 5.69. The van der Waals surface area contributed by atoms with Gasteiger partial charge in [-0.3, -0.25) is 9.59 Å². The van der Waals surface area contributed by atoms with Gasteiger partial charge in [0.2, 0.25) is 0 Å². The van der Waals surface area contributed by atoms with Gasteiger partial charge in [0.1, 0.15) is 11.5 Å². The van der Waals surface area contributed by atoms with E-state index >= 15 is 0 Å². The molecule has 1 aromatic carbocycles. The van der Waals surface area contributed by atoms with Crippen LogP contribution in [0.2, 0.25) is 0 Å². The van der Waals surface area contributed by atoms with Crippen LogP contribution >= 0.6 is 0 Å². The van der Waals surface area contributed by atoms with Crippen molar-refractivity contribution in [1.82, 2.24) is 5.32 Å². The molecule has 7 heteroatoms. The average Bonchev–Trinajstić information content (AvgIpc) is 2.77. The van der Waals surface area contributed by atoms with Gasteiger partial charge in [-0.25, -0.2) is 0 Å². The Morgan fingerprint density at radius 3 is 2.33 bits per heavy atom. The van der Waals surface area contributed by atoms with Crippen molar-refractivity contribution in [2.75, 3.05) is 34.0 Å². The van der Waals surface area contributed by atoms with Crippen LogP contribution in [0.5, 0.6) is 11.5 Å². The quantitative estimate of drug-likeness (QED) is 0.433. The highest BCUT2D eigenvalue weighted by molar-refractivity contribution is 5.79. The summed E-state index contributed by atoms with van der Waals surface area (Å²) in [7, 11) is 3.25. The van der Waals surface area contributed by atoms with E-state index in [9.17, 15) is 9.59 Å². The first-order valence-corrected chi connectivity index (χ1v) is 10.7. The molecule has 0 aliphatic heterocycles. The minimum Gasteiger partial charge on any atom is -0.497 e. The van der Waals surface area contributed by atoms with Gasteiger partial charge in [-0.1, -0.05) is 6.42 Å². The molecule has 2 atom stereocenters. The predicted molar refractivity (Wildman–Crippen MR) is 114 cm³/mol. The Bertz CT molecular complexity index is 685. The number of carbonyl (C=O) groups is 2. The summed E-state index contributed by atoms with van der Waals surface area (Å²) in [6.45, 7) is 5.55. The smallest absolute Gasteiger partial charge is 0.312 e. The number of hydrogen-bond donors (Lipinski definition) is 1. The molecular formula is C23H35NO6. The monoisotopic (exact) mass is 421 g/mol. The summed E-state index contributed by atoms with van der Waals surface area (Å²) in [5.74, 6) is 0.814. The van der Waals surface area contributed by atoms with E-state index in [1.165, 1.54) is 0 Å². The minimum atomic E-state index is -0.648.